The number of likely N-dealkylation sites (tertiary alicyclic amines) is 1. The molecule has 0 aliphatic carbocycles. The minimum atomic E-state index is -0.429. The van der Waals surface area contributed by atoms with Crippen molar-refractivity contribution in [1.29, 1.82) is 0 Å². The molecule has 1 fully saturated rings. The number of hydrogen-bond acceptors (Lipinski definition) is 4. The average Bonchev–Trinajstić information content (AvgIpc) is 3.02. The molecule has 22 heavy (non-hydrogen) atoms. The van der Waals surface area contributed by atoms with E-state index in [1.807, 2.05) is 36.3 Å². The number of nitrogens with zero attached hydrogens (tertiary/aromatic N) is 1. The first-order valence-corrected chi connectivity index (χ1v) is 8.58. The van der Waals surface area contributed by atoms with Gasteiger partial charge in [0.1, 0.15) is 0 Å². The lowest BCUT2D eigenvalue weighted by Gasteiger charge is -2.36. The first-order chi connectivity index (χ1) is 10.1. The fourth-order valence-corrected chi connectivity index (χ4v) is 3.54. The Morgan fingerprint density at radius 2 is 2.14 bits per heavy atom. The topological polar surface area (TPSA) is 55.6 Å². The lowest BCUT2D eigenvalue weighted by molar-refractivity contribution is -0.138. The summed E-state index contributed by atoms with van der Waals surface area (Å²) in [6, 6.07) is 4.05. The molecule has 6 heteroatoms. The number of thiophene rings is 1. The van der Waals surface area contributed by atoms with E-state index < -0.39 is 5.41 Å². The molecule has 4 nitrogen and oxygen atoms in total. The van der Waals surface area contributed by atoms with Gasteiger partial charge < -0.3 is 15.4 Å². The fraction of sp³-hybridized carbons (Fsp3) is 0.688. The zero-order chi connectivity index (χ0) is 15.3. The van der Waals surface area contributed by atoms with Gasteiger partial charge in [-0.2, -0.15) is 0 Å². The van der Waals surface area contributed by atoms with Crippen molar-refractivity contribution in [1.82, 2.24) is 4.90 Å². The van der Waals surface area contributed by atoms with Gasteiger partial charge in [-0.1, -0.05) is 6.07 Å². The van der Waals surface area contributed by atoms with E-state index >= 15 is 0 Å². The SMILES string of the molecule is CC(C)(C(=O)N1CCC(OCCCN)CC1)c1cccs1.Cl. The lowest BCUT2D eigenvalue weighted by atomic mass is 9.88. The minimum Gasteiger partial charge on any atom is -0.378 e. The number of amides is 1. The second-order valence-corrected chi connectivity index (χ2v) is 7.05. The molecular weight excluding hydrogens is 320 g/mol. The molecule has 0 aromatic carbocycles. The van der Waals surface area contributed by atoms with Gasteiger partial charge in [-0.25, -0.2) is 0 Å². The van der Waals surface area contributed by atoms with Gasteiger partial charge in [0.05, 0.1) is 11.5 Å². The van der Waals surface area contributed by atoms with Crippen molar-refractivity contribution in [3.05, 3.63) is 22.4 Å². The third kappa shape index (κ3) is 4.69. The Hall–Kier alpha value is -0.620. The molecule has 0 atom stereocenters. The van der Waals surface area contributed by atoms with Crippen LogP contribution in [0.25, 0.3) is 0 Å². The molecule has 2 rings (SSSR count). The number of hydrogen-bond donors (Lipinski definition) is 1. The molecular formula is C16H27ClN2O2S. The lowest BCUT2D eigenvalue weighted by Crippen LogP contribution is -2.48. The van der Waals surface area contributed by atoms with Crippen LogP contribution in [-0.4, -0.2) is 43.2 Å². The maximum absolute atomic E-state index is 12.8. The van der Waals surface area contributed by atoms with Gasteiger partial charge in [0.15, 0.2) is 0 Å². The highest BCUT2D eigenvalue weighted by Gasteiger charge is 2.36. The van der Waals surface area contributed by atoms with Gasteiger partial charge in [0.25, 0.3) is 0 Å². The van der Waals surface area contributed by atoms with E-state index in [-0.39, 0.29) is 24.4 Å². The van der Waals surface area contributed by atoms with Crippen LogP contribution < -0.4 is 5.73 Å². The van der Waals surface area contributed by atoms with E-state index in [0.29, 0.717) is 6.54 Å². The van der Waals surface area contributed by atoms with Crippen LogP contribution in [0.1, 0.15) is 38.0 Å². The number of carbonyl (C=O) groups is 1. The predicted molar refractivity (Wildman–Crippen MR) is 93.8 cm³/mol. The predicted octanol–water partition coefficient (Wildman–Crippen LogP) is 2.80. The maximum atomic E-state index is 12.8. The molecule has 0 saturated carbocycles. The molecule has 1 aromatic rings. The standard InChI is InChI=1S/C16H26N2O2S.ClH/c1-16(2,14-5-3-12-21-14)15(19)18-9-6-13(7-10-18)20-11-4-8-17;/h3,5,12-13H,4,6-11,17H2,1-2H3;1H. The molecule has 2 N–H and O–H groups in total. The van der Waals surface area contributed by atoms with E-state index in [1.54, 1.807) is 11.3 Å². The zero-order valence-corrected chi connectivity index (χ0v) is 15.0. The summed E-state index contributed by atoms with van der Waals surface area (Å²) in [5.74, 6) is 0.227. The van der Waals surface area contributed by atoms with Crippen molar-refractivity contribution in [3.63, 3.8) is 0 Å². The van der Waals surface area contributed by atoms with E-state index in [9.17, 15) is 4.79 Å². The molecule has 2 heterocycles. The third-order valence-electron chi connectivity index (χ3n) is 4.10. The van der Waals surface area contributed by atoms with Crippen LogP contribution in [0, 0.1) is 0 Å². The van der Waals surface area contributed by atoms with Gasteiger partial charge in [-0.05, 0) is 51.1 Å². The van der Waals surface area contributed by atoms with Gasteiger partial charge >= 0.3 is 0 Å². The minimum absolute atomic E-state index is 0. The normalized spacial score (nSPS) is 16.4. The molecule has 1 aliphatic heterocycles. The van der Waals surface area contributed by atoms with E-state index in [0.717, 1.165) is 43.8 Å². The van der Waals surface area contributed by atoms with E-state index in [1.165, 1.54) is 0 Å². The summed E-state index contributed by atoms with van der Waals surface area (Å²) in [6.45, 7) is 7.03. The summed E-state index contributed by atoms with van der Waals surface area (Å²) in [6.07, 6.45) is 3.04. The number of piperidine rings is 1. The van der Waals surface area contributed by atoms with Gasteiger partial charge in [-0.3, -0.25) is 4.79 Å². The summed E-state index contributed by atoms with van der Waals surface area (Å²) in [4.78, 5) is 15.9. The Morgan fingerprint density at radius 3 is 2.68 bits per heavy atom. The van der Waals surface area contributed by atoms with Gasteiger partial charge in [0, 0.05) is 24.6 Å². The van der Waals surface area contributed by atoms with Crippen molar-refractivity contribution >= 4 is 29.7 Å². The first-order valence-electron chi connectivity index (χ1n) is 7.70. The molecule has 0 unspecified atom stereocenters. The van der Waals surface area contributed by atoms with Crippen LogP contribution in [0.3, 0.4) is 0 Å². The van der Waals surface area contributed by atoms with Crippen LogP contribution in [0.5, 0.6) is 0 Å². The van der Waals surface area contributed by atoms with Crippen molar-refractivity contribution in [2.24, 2.45) is 5.73 Å². The maximum Gasteiger partial charge on any atom is 0.233 e. The highest BCUT2D eigenvalue weighted by molar-refractivity contribution is 7.10. The summed E-state index contributed by atoms with van der Waals surface area (Å²) in [5.41, 5.74) is 5.04. The molecule has 1 aliphatic rings. The second-order valence-electron chi connectivity index (χ2n) is 6.11. The average molecular weight is 347 g/mol. The smallest absolute Gasteiger partial charge is 0.233 e. The Kier molecular flexibility index (Phi) is 7.83. The van der Waals surface area contributed by atoms with E-state index in [2.05, 4.69) is 0 Å². The van der Waals surface area contributed by atoms with Gasteiger partial charge in [0.2, 0.25) is 5.91 Å². The van der Waals surface area contributed by atoms with Crippen LogP contribution in [0.4, 0.5) is 0 Å². The van der Waals surface area contributed by atoms with Gasteiger partial charge in [-0.15, -0.1) is 23.7 Å². The highest BCUT2D eigenvalue weighted by Crippen LogP contribution is 2.30. The van der Waals surface area contributed by atoms with Crippen LogP contribution in [-0.2, 0) is 14.9 Å². The van der Waals surface area contributed by atoms with Crippen molar-refractivity contribution < 1.29 is 9.53 Å². The van der Waals surface area contributed by atoms with E-state index in [4.69, 9.17) is 10.5 Å². The van der Waals surface area contributed by atoms with Crippen LogP contribution in [0.15, 0.2) is 17.5 Å². The Bertz CT molecular complexity index is 443. The summed E-state index contributed by atoms with van der Waals surface area (Å²) >= 11 is 1.65. The Labute approximate surface area is 143 Å². The third-order valence-corrected chi connectivity index (χ3v) is 5.30. The molecule has 1 amide bonds. The van der Waals surface area contributed by atoms with Crippen molar-refractivity contribution in [2.75, 3.05) is 26.2 Å². The molecule has 0 bridgehead atoms. The number of carbonyl (C=O) groups excluding carboxylic acids is 1. The molecule has 1 aromatic heterocycles. The number of rotatable bonds is 6. The van der Waals surface area contributed by atoms with Crippen LogP contribution in [0.2, 0.25) is 0 Å². The quantitative estimate of drug-likeness (QED) is 0.806. The number of nitrogens with two attached hydrogens (primary N) is 1. The molecule has 0 radical (unpaired) electrons. The van der Waals surface area contributed by atoms with Crippen molar-refractivity contribution in [3.8, 4) is 0 Å². The monoisotopic (exact) mass is 346 g/mol. The molecule has 1 saturated heterocycles. The summed E-state index contributed by atoms with van der Waals surface area (Å²) < 4.78 is 5.79. The largest absolute Gasteiger partial charge is 0.378 e. The summed E-state index contributed by atoms with van der Waals surface area (Å²) in [5, 5.41) is 2.03. The van der Waals surface area contributed by atoms with Crippen LogP contribution >= 0.6 is 23.7 Å². The fourth-order valence-electron chi connectivity index (χ4n) is 2.69. The molecule has 0 spiro atoms. The molecule has 126 valence electrons. The first kappa shape index (κ1) is 19.4. The number of ether oxygens (including phenoxy) is 1. The van der Waals surface area contributed by atoms with Crippen molar-refractivity contribution in [2.45, 2.75) is 44.6 Å². The second kappa shape index (κ2) is 8.87. The Morgan fingerprint density at radius 1 is 1.45 bits per heavy atom. The summed E-state index contributed by atoms with van der Waals surface area (Å²) in [7, 11) is 0. The Balaban J connectivity index is 0.00000242. The zero-order valence-electron chi connectivity index (χ0n) is 13.4. The number of halogens is 1. The highest BCUT2D eigenvalue weighted by atomic mass is 35.5.